The Balaban J connectivity index is 1.26. The monoisotopic (exact) mass is 584 g/mol. The van der Waals surface area contributed by atoms with E-state index in [0.29, 0.717) is 17.5 Å². The van der Waals surface area contributed by atoms with Crippen molar-refractivity contribution in [1.82, 2.24) is 9.88 Å². The molecular weight excluding hydrogens is 553 g/mol. The minimum Gasteiger partial charge on any atom is -0.497 e. The molecular formula is C32H32N4O3S2. The zero-order valence-electron chi connectivity index (χ0n) is 23.1. The SMILES string of the molecule is COc1cccc(Sc2cnc(NC3=NC(C4CCN(C(C)=O)CC4)CS3)c(Oc3cccc4ccccc34)c2)c1. The number of hydrogen-bond acceptors (Lipinski definition) is 8. The number of nitrogens with zero attached hydrogens (tertiary/aromatic N) is 3. The van der Waals surface area contributed by atoms with Gasteiger partial charge in [-0.05, 0) is 48.4 Å². The number of amidine groups is 1. The molecule has 1 saturated heterocycles. The van der Waals surface area contributed by atoms with Crippen LogP contribution in [-0.2, 0) is 4.79 Å². The first kappa shape index (κ1) is 27.5. The lowest BCUT2D eigenvalue weighted by molar-refractivity contribution is -0.130. The van der Waals surface area contributed by atoms with Crippen molar-refractivity contribution in [3.63, 3.8) is 0 Å². The van der Waals surface area contributed by atoms with Gasteiger partial charge in [0.2, 0.25) is 5.91 Å². The summed E-state index contributed by atoms with van der Waals surface area (Å²) in [6, 6.07) is 24.5. The summed E-state index contributed by atoms with van der Waals surface area (Å²) in [5.74, 6) is 4.42. The van der Waals surface area contributed by atoms with E-state index >= 15 is 0 Å². The predicted molar refractivity (Wildman–Crippen MR) is 168 cm³/mol. The Labute approximate surface area is 248 Å². The van der Waals surface area contributed by atoms with Crippen molar-refractivity contribution in [3.05, 3.63) is 79.0 Å². The maximum Gasteiger partial charge on any atom is 0.219 e. The Morgan fingerprint density at radius 3 is 2.63 bits per heavy atom. The van der Waals surface area contributed by atoms with Gasteiger partial charge in [-0.2, -0.15) is 0 Å². The first-order valence-electron chi connectivity index (χ1n) is 13.8. The zero-order valence-corrected chi connectivity index (χ0v) is 24.7. The highest BCUT2D eigenvalue weighted by molar-refractivity contribution is 8.14. The van der Waals surface area contributed by atoms with E-state index in [2.05, 4.69) is 29.6 Å². The van der Waals surface area contributed by atoms with Gasteiger partial charge in [0.1, 0.15) is 11.5 Å². The van der Waals surface area contributed by atoms with E-state index < -0.39 is 0 Å². The summed E-state index contributed by atoms with van der Waals surface area (Å²) in [5, 5.41) is 6.47. The number of hydrogen-bond donors (Lipinski definition) is 1. The average molecular weight is 585 g/mol. The third-order valence-corrected chi connectivity index (χ3v) is 9.44. The second-order valence-corrected chi connectivity index (χ2v) is 12.3. The van der Waals surface area contributed by atoms with E-state index in [1.807, 2.05) is 59.6 Å². The highest BCUT2D eigenvalue weighted by Crippen LogP contribution is 2.39. The van der Waals surface area contributed by atoms with Crippen LogP contribution in [0.1, 0.15) is 19.8 Å². The highest BCUT2D eigenvalue weighted by atomic mass is 32.2. The number of piperidine rings is 1. The van der Waals surface area contributed by atoms with Gasteiger partial charge >= 0.3 is 0 Å². The number of methoxy groups -OCH3 is 1. The Hall–Kier alpha value is -3.69. The zero-order chi connectivity index (χ0) is 28.2. The summed E-state index contributed by atoms with van der Waals surface area (Å²) in [6.07, 6.45) is 3.84. The number of amides is 1. The van der Waals surface area contributed by atoms with Crippen LogP contribution < -0.4 is 14.8 Å². The standard InChI is InChI=1S/C32H32N4O3S2/c1-21(37)36-15-13-23(14-16-36)28-20-40-32(34-28)35-31-30(39-29-12-5-8-22-7-3-4-11-27(22)29)18-26(19-33-31)41-25-10-6-9-24(17-25)38-2/h3-12,17-19,23,28H,13-16,20H2,1-2H3,(H,33,34,35). The average Bonchev–Trinajstić information content (AvgIpc) is 3.47. The van der Waals surface area contributed by atoms with Gasteiger partial charge in [-0.3, -0.25) is 9.79 Å². The molecule has 9 heteroatoms. The van der Waals surface area contributed by atoms with Crippen LogP contribution in [0.15, 0.2) is 93.8 Å². The van der Waals surface area contributed by atoms with Crippen molar-refractivity contribution in [1.29, 1.82) is 0 Å². The molecule has 6 rings (SSSR count). The topological polar surface area (TPSA) is 76.0 Å². The van der Waals surface area contributed by atoms with Gasteiger partial charge in [0.05, 0.1) is 13.2 Å². The first-order chi connectivity index (χ1) is 20.1. The van der Waals surface area contributed by atoms with Crippen LogP contribution in [0.2, 0.25) is 0 Å². The second-order valence-electron chi connectivity index (χ2n) is 10.2. The number of benzene rings is 3. The molecule has 4 aromatic rings. The summed E-state index contributed by atoms with van der Waals surface area (Å²) in [7, 11) is 1.67. The minimum absolute atomic E-state index is 0.160. The molecule has 3 aromatic carbocycles. The van der Waals surface area contributed by atoms with Crippen LogP contribution in [0.4, 0.5) is 5.82 Å². The number of aromatic nitrogens is 1. The largest absolute Gasteiger partial charge is 0.497 e. The van der Waals surface area contributed by atoms with Crippen molar-refractivity contribution in [3.8, 4) is 17.2 Å². The van der Waals surface area contributed by atoms with Crippen LogP contribution in [0.3, 0.4) is 0 Å². The Bertz CT molecular complexity index is 1580. The molecule has 1 N–H and O–H groups in total. The summed E-state index contributed by atoms with van der Waals surface area (Å²) in [5.41, 5.74) is 0. The predicted octanol–water partition coefficient (Wildman–Crippen LogP) is 7.33. The molecule has 0 radical (unpaired) electrons. The molecule has 41 heavy (non-hydrogen) atoms. The van der Waals surface area contributed by atoms with Crippen molar-refractivity contribution in [2.45, 2.75) is 35.6 Å². The second kappa shape index (κ2) is 12.4. The molecule has 1 unspecified atom stereocenters. The number of ether oxygens (including phenoxy) is 2. The van der Waals surface area contributed by atoms with Crippen molar-refractivity contribution in [2.24, 2.45) is 10.9 Å². The van der Waals surface area contributed by atoms with Crippen LogP contribution in [0.25, 0.3) is 10.8 Å². The quantitative estimate of drug-likeness (QED) is 0.244. The van der Waals surface area contributed by atoms with E-state index in [-0.39, 0.29) is 11.9 Å². The molecule has 7 nitrogen and oxygen atoms in total. The number of anilines is 1. The number of pyridine rings is 1. The molecule has 1 aromatic heterocycles. The number of thioether (sulfide) groups is 1. The lowest BCUT2D eigenvalue weighted by Crippen LogP contribution is -2.39. The van der Waals surface area contributed by atoms with Gasteiger partial charge in [-0.1, -0.05) is 66.0 Å². The fourth-order valence-electron chi connectivity index (χ4n) is 5.26. The third-order valence-electron chi connectivity index (χ3n) is 7.50. The lowest BCUT2D eigenvalue weighted by Gasteiger charge is -2.33. The van der Waals surface area contributed by atoms with E-state index in [9.17, 15) is 4.79 Å². The van der Waals surface area contributed by atoms with E-state index in [4.69, 9.17) is 19.5 Å². The Morgan fingerprint density at radius 2 is 1.80 bits per heavy atom. The number of aliphatic imine (C=N–C) groups is 1. The molecule has 0 aliphatic carbocycles. The van der Waals surface area contributed by atoms with Gasteiger partial charge in [0.25, 0.3) is 0 Å². The summed E-state index contributed by atoms with van der Waals surface area (Å²) < 4.78 is 12.0. The number of carbonyl (C=O) groups excluding carboxylic acids is 1. The highest BCUT2D eigenvalue weighted by Gasteiger charge is 2.31. The maximum absolute atomic E-state index is 11.7. The van der Waals surface area contributed by atoms with E-state index in [0.717, 1.165) is 68.9 Å². The van der Waals surface area contributed by atoms with Gasteiger partial charge in [-0.25, -0.2) is 4.98 Å². The fourth-order valence-corrected chi connectivity index (χ4v) is 7.18. The summed E-state index contributed by atoms with van der Waals surface area (Å²) in [4.78, 5) is 25.5. The number of rotatable bonds is 7. The molecule has 0 saturated carbocycles. The minimum atomic E-state index is 0.160. The normalized spacial score (nSPS) is 17.4. The number of nitrogens with one attached hydrogen (secondary N) is 1. The van der Waals surface area contributed by atoms with E-state index in [1.54, 1.807) is 37.6 Å². The first-order valence-corrected chi connectivity index (χ1v) is 15.6. The molecule has 210 valence electrons. The van der Waals surface area contributed by atoms with Crippen molar-refractivity contribution < 1.29 is 14.3 Å². The number of carbonyl (C=O) groups is 1. The molecule has 2 aliphatic heterocycles. The molecule has 0 bridgehead atoms. The Morgan fingerprint density at radius 1 is 1.00 bits per heavy atom. The van der Waals surface area contributed by atoms with Crippen molar-refractivity contribution in [2.75, 3.05) is 31.3 Å². The molecule has 1 amide bonds. The van der Waals surface area contributed by atoms with Crippen LogP contribution >= 0.6 is 23.5 Å². The Kier molecular flexibility index (Phi) is 8.34. The molecule has 3 heterocycles. The molecule has 2 aliphatic rings. The van der Waals surface area contributed by atoms with Crippen LogP contribution in [0, 0.1) is 5.92 Å². The number of fused-ring (bicyclic) bond motifs is 1. The van der Waals surface area contributed by atoms with Crippen LogP contribution in [-0.4, -0.2) is 53.0 Å². The van der Waals surface area contributed by atoms with Gasteiger partial charge < -0.3 is 19.7 Å². The lowest BCUT2D eigenvalue weighted by atomic mass is 9.90. The van der Waals surface area contributed by atoms with Gasteiger partial charge in [0.15, 0.2) is 16.7 Å². The maximum atomic E-state index is 11.7. The third kappa shape index (κ3) is 6.47. The molecule has 0 spiro atoms. The number of likely N-dealkylation sites (tertiary alicyclic amines) is 1. The summed E-state index contributed by atoms with van der Waals surface area (Å²) >= 11 is 3.32. The molecule has 1 atom stereocenters. The van der Waals surface area contributed by atoms with Crippen molar-refractivity contribution >= 4 is 51.2 Å². The summed E-state index contributed by atoms with van der Waals surface area (Å²) in [6.45, 7) is 3.28. The van der Waals surface area contributed by atoms with Gasteiger partial charge in [0, 0.05) is 53.2 Å². The molecule has 1 fully saturated rings. The smallest absolute Gasteiger partial charge is 0.219 e. The van der Waals surface area contributed by atoms with Gasteiger partial charge in [-0.15, -0.1) is 0 Å². The fraction of sp³-hybridized carbons (Fsp3) is 0.281. The van der Waals surface area contributed by atoms with E-state index in [1.165, 1.54) is 0 Å². The van der Waals surface area contributed by atoms with Crippen LogP contribution in [0.5, 0.6) is 17.2 Å².